The lowest BCUT2D eigenvalue weighted by Gasteiger charge is -2.27. The molecule has 1 fully saturated rings. The monoisotopic (exact) mass is 505 g/mol. The maximum Gasteiger partial charge on any atom is 0.272 e. The number of methoxy groups -OCH3 is 1. The number of benzene rings is 1. The minimum atomic E-state index is -0.0654. The van der Waals surface area contributed by atoms with Crippen molar-refractivity contribution in [1.82, 2.24) is 24.6 Å². The van der Waals surface area contributed by atoms with E-state index in [2.05, 4.69) is 42.8 Å². The fourth-order valence-corrected chi connectivity index (χ4v) is 4.43. The number of nitrogens with zero attached hydrogens (tertiary/aromatic N) is 4. The summed E-state index contributed by atoms with van der Waals surface area (Å²) in [5, 5.41) is 3.29. The summed E-state index contributed by atoms with van der Waals surface area (Å²) in [4.78, 5) is 24.8. The van der Waals surface area contributed by atoms with Gasteiger partial charge in [0.2, 0.25) is 5.88 Å². The minimum absolute atomic E-state index is 0.0654. The summed E-state index contributed by atoms with van der Waals surface area (Å²) in [6, 6.07) is 17.8. The number of pyridine rings is 2. The van der Waals surface area contributed by atoms with Gasteiger partial charge in [0.1, 0.15) is 11.3 Å². The molecular formula is C25H24BrN5O2. The highest BCUT2D eigenvalue weighted by molar-refractivity contribution is 9.10. The quantitative estimate of drug-likeness (QED) is 0.446. The van der Waals surface area contributed by atoms with Crippen LogP contribution in [-0.4, -0.2) is 58.5 Å². The van der Waals surface area contributed by atoms with E-state index in [-0.39, 0.29) is 5.91 Å². The van der Waals surface area contributed by atoms with E-state index < -0.39 is 0 Å². The lowest BCUT2D eigenvalue weighted by molar-refractivity contribution is 0.0728. The molecule has 1 aromatic carbocycles. The first kappa shape index (κ1) is 21.6. The summed E-state index contributed by atoms with van der Waals surface area (Å²) >= 11 is 3.51. The molecule has 0 aliphatic carbocycles. The van der Waals surface area contributed by atoms with Crippen molar-refractivity contribution in [1.29, 1.82) is 0 Å². The molecule has 0 unspecified atom stereocenters. The zero-order valence-electron chi connectivity index (χ0n) is 18.3. The van der Waals surface area contributed by atoms with Crippen LogP contribution in [0.3, 0.4) is 0 Å². The predicted molar refractivity (Wildman–Crippen MR) is 131 cm³/mol. The van der Waals surface area contributed by atoms with Gasteiger partial charge in [0, 0.05) is 54.9 Å². The molecule has 0 bridgehead atoms. The van der Waals surface area contributed by atoms with E-state index in [4.69, 9.17) is 9.72 Å². The Morgan fingerprint density at radius 3 is 2.61 bits per heavy atom. The number of hydrogen-bond donors (Lipinski definition) is 1. The lowest BCUT2D eigenvalue weighted by Crippen LogP contribution is -2.46. The summed E-state index contributed by atoms with van der Waals surface area (Å²) in [5.74, 6) is 0.368. The average molecular weight is 506 g/mol. The molecule has 1 amide bonds. The van der Waals surface area contributed by atoms with Crippen LogP contribution in [0, 0.1) is 0 Å². The Bertz CT molecular complexity index is 1300. The van der Waals surface area contributed by atoms with Gasteiger partial charge in [-0.1, -0.05) is 40.2 Å². The van der Waals surface area contributed by atoms with Crippen LogP contribution in [0.25, 0.3) is 16.9 Å². The number of carbonyl (C=O) groups excluding carboxylic acids is 1. The molecule has 4 heterocycles. The van der Waals surface area contributed by atoms with Crippen molar-refractivity contribution in [2.45, 2.75) is 6.42 Å². The molecule has 4 aromatic rings. The molecule has 7 nitrogen and oxygen atoms in total. The molecule has 0 saturated carbocycles. The molecule has 8 heteroatoms. The van der Waals surface area contributed by atoms with E-state index in [1.807, 2.05) is 53.6 Å². The number of piperazine rings is 1. The second-order valence-electron chi connectivity index (χ2n) is 7.92. The van der Waals surface area contributed by atoms with Gasteiger partial charge in [0.15, 0.2) is 0 Å². The molecule has 1 N–H and O–H groups in total. The third-order valence-electron chi connectivity index (χ3n) is 5.87. The van der Waals surface area contributed by atoms with Gasteiger partial charge >= 0.3 is 0 Å². The van der Waals surface area contributed by atoms with Gasteiger partial charge in [-0.25, -0.2) is 9.97 Å². The fraction of sp³-hybridized carbons (Fsp3) is 0.240. The summed E-state index contributed by atoms with van der Waals surface area (Å²) in [6.07, 6.45) is 2.52. The molecule has 5 rings (SSSR count). The molecule has 0 radical (unpaired) electrons. The lowest BCUT2D eigenvalue weighted by atomic mass is 10.0. The minimum Gasteiger partial charge on any atom is -0.481 e. The van der Waals surface area contributed by atoms with Crippen molar-refractivity contribution in [3.63, 3.8) is 0 Å². The van der Waals surface area contributed by atoms with Crippen molar-refractivity contribution in [3.8, 4) is 17.1 Å². The Morgan fingerprint density at radius 1 is 1.06 bits per heavy atom. The molecule has 1 aliphatic rings. The highest BCUT2D eigenvalue weighted by Crippen LogP contribution is 2.29. The largest absolute Gasteiger partial charge is 0.481 e. The van der Waals surface area contributed by atoms with E-state index in [1.165, 1.54) is 0 Å². The van der Waals surface area contributed by atoms with Crippen LogP contribution in [0.5, 0.6) is 5.88 Å². The number of aromatic nitrogens is 3. The molecule has 0 spiro atoms. The van der Waals surface area contributed by atoms with Gasteiger partial charge in [0.05, 0.1) is 18.5 Å². The van der Waals surface area contributed by atoms with E-state index in [9.17, 15) is 4.79 Å². The zero-order chi connectivity index (χ0) is 22.8. The molecule has 1 saturated heterocycles. The van der Waals surface area contributed by atoms with E-state index in [1.54, 1.807) is 7.11 Å². The van der Waals surface area contributed by atoms with Crippen molar-refractivity contribution in [2.24, 2.45) is 0 Å². The smallest absolute Gasteiger partial charge is 0.272 e. The third kappa shape index (κ3) is 4.36. The molecule has 0 atom stereocenters. The van der Waals surface area contributed by atoms with Gasteiger partial charge in [-0.3, -0.25) is 4.79 Å². The fourth-order valence-electron chi connectivity index (χ4n) is 4.16. The first-order chi connectivity index (χ1) is 16.1. The number of ether oxygens (including phenoxy) is 1. The number of rotatable bonds is 5. The van der Waals surface area contributed by atoms with E-state index >= 15 is 0 Å². The van der Waals surface area contributed by atoms with Crippen LogP contribution in [0.4, 0.5) is 0 Å². The van der Waals surface area contributed by atoms with Gasteiger partial charge < -0.3 is 19.4 Å². The Labute approximate surface area is 200 Å². The zero-order valence-corrected chi connectivity index (χ0v) is 19.9. The average Bonchev–Trinajstić information content (AvgIpc) is 3.23. The van der Waals surface area contributed by atoms with Crippen LogP contribution in [0.2, 0.25) is 0 Å². The molecule has 1 aliphatic heterocycles. The van der Waals surface area contributed by atoms with Crippen LogP contribution in [0.15, 0.2) is 65.3 Å². The normalized spacial score (nSPS) is 13.9. The third-order valence-corrected chi connectivity index (χ3v) is 6.40. The predicted octanol–water partition coefficient (Wildman–Crippen LogP) is 3.80. The van der Waals surface area contributed by atoms with Crippen LogP contribution < -0.4 is 10.1 Å². The second-order valence-corrected chi connectivity index (χ2v) is 8.84. The number of imidazole rings is 1. The summed E-state index contributed by atoms with van der Waals surface area (Å²) in [6.45, 7) is 2.89. The maximum absolute atomic E-state index is 13.4. The molecule has 33 heavy (non-hydrogen) atoms. The SMILES string of the molecule is COc1ccc(Cc2c(-c3ccc(Br)cc3)nc3ccccn23)c(C(=O)N2CCNCC2)n1. The highest BCUT2D eigenvalue weighted by Gasteiger charge is 2.24. The van der Waals surface area contributed by atoms with Crippen molar-refractivity contribution < 1.29 is 9.53 Å². The topological polar surface area (TPSA) is 71.8 Å². The Balaban J connectivity index is 1.60. The van der Waals surface area contributed by atoms with E-state index in [0.717, 1.165) is 45.7 Å². The van der Waals surface area contributed by atoms with Crippen LogP contribution >= 0.6 is 15.9 Å². The summed E-state index contributed by atoms with van der Waals surface area (Å²) in [7, 11) is 1.57. The van der Waals surface area contributed by atoms with Crippen molar-refractivity contribution in [3.05, 3.63) is 82.2 Å². The van der Waals surface area contributed by atoms with Crippen molar-refractivity contribution >= 4 is 27.5 Å². The number of nitrogens with one attached hydrogen (secondary N) is 1. The summed E-state index contributed by atoms with van der Waals surface area (Å²) < 4.78 is 8.44. The van der Waals surface area contributed by atoms with Gasteiger partial charge in [0.25, 0.3) is 5.91 Å². The Hall–Kier alpha value is -3.23. The number of amides is 1. The van der Waals surface area contributed by atoms with Crippen LogP contribution in [-0.2, 0) is 6.42 Å². The number of hydrogen-bond acceptors (Lipinski definition) is 5. The van der Waals surface area contributed by atoms with Gasteiger partial charge in [-0.2, -0.15) is 0 Å². The first-order valence-electron chi connectivity index (χ1n) is 10.9. The van der Waals surface area contributed by atoms with Crippen LogP contribution in [0.1, 0.15) is 21.7 Å². The number of fused-ring (bicyclic) bond motifs is 1. The Morgan fingerprint density at radius 2 is 1.85 bits per heavy atom. The van der Waals surface area contributed by atoms with E-state index in [0.29, 0.717) is 31.1 Å². The first-order valence-corrected chi connectivity index (χ1v) is 11.7. The molecular weight excluding hydrogens is 482 g/mol. The molecule has 168 valence electrons. The molecule has 3 aromatic heterocycles. The standard InChI is InChI=1S/C25H24BrN5O2/c1-33-22-10-7-18(24(29-22)25(32)30-14-11-27-12-15-30)16-20-23(17-5-8-19(26)9-6-17)28-21-4-2-3-13-31(20)21/h2-10,13,27H,11-12,14-16H2,1H3. The van der Waals surface area contributed by atoms with Gasteiger partial charge in [-0.15, -0.1) is 0 Å². The van der Waals surface area contributed by atoms with Gasteiger partial charge in [-0.05, 0) is 29.8 Å². The van der Waals surface area contributed by atoms with Crippen molar-refractivity contribution in [2.75, 3.05) is 33.3 Å². The Kier molecular flexibility index (Phi) is 6.11. The highest BCUT2D eigenvalue weighted by atomic mass is 79.9. The second kappa shape index (κ2) is 9.33. The summed E-state index contributed by atoms with van der Waals surface area (Å²) in [5.41, 5.74) is 5.07. The number of carbonyl (C=O) groups is 1. The number of halogens is 1. The maximum atomic E-state index is 13.4.